The molecule has 0 saturated carbocycles. The van der Waals surface area contributed by atoms with Crippen LogP contribution in [0.2, 0.25) is 0 Å². The third-order valence-corrected chi connectivity index (χ3v) is 3.60. The van der Waals surface area contributed by atoms with Crippen molar-refractivity contribution in [2.24, 2.45) is 0 Å². The van der Waals surface area contributed by atoms with E-state index in [0.29, 0.717) is 6.04 Å². The van der Waals surface area contributed by atoms with E-state index in [-0.39, 0.29) is 0 Å². The Labute approximate surface area is 115 Å². The van der Waals surface area contributed by atoms with Gasteiger partial charge in [0.1, 0.15) is 5.82 Å². The zero-order valence-electron chi connectivity index (χ0n) is 11.9. The van der Waals surface area contributed by atoms with Crippen molar-refractivity contribution in [1.82, 2.24) is 15.2 Å². The van der Waals surface area contributed by atoms with Crippen molar-refractivity contribution in [3.8, 4) is 0 Å². The van der Waals surface area contributed by atoms with Gasteiger partial charge >= 0.3 is 0 Å². The summed E-state index contributed by atoms with van der Waals surface area (Å²) in [5.41, 5.74) is 0. The standard InChI is InChI=1S/C14H24N4O/c1-15-11-13(12-19-2)17-7-9-18(10-8-17)14-5-3-4-6-16-14/h3-6,13,15H,7-12H2,1-2H3. The molecular weight excluding hydrogens is 240 g/mol. The van der Waals surface area contributed by atoms with Crippen molar-refractivity contribution in [3.05, 3.63) is 24.4 Å². The van der Waals surface area contributed by atoms with Crippen molar-refractivity contribution < 1.29 is 4.74 Å². The van der Waals surface area contributed by atoms with Crippen molar-refractivity contribution >= 4 is 5.82 Å². The molecule has 1 fully saturated rings. The molecule has 1 atom stereocenters. The van der Waals surface area contributed by atoms with E-state index in [0.717, 1.165) is 45.1 Å². The van der Waals surface area contributed by atoms with E-state index in [4.69, 9.17) is 4.74 Å². The lowest BCUT2D eigenvalue weighted by Gasteiger charge is -2.39. The number of nitrogens with one attached hydrogen (secondary N) is 1. The van der Waals surface area contributed by atoms with E-state index in [2.05, 4.69) is 26.2 Å². The first-order valence-electron chi connectivity index (χ1n) is 6.88. The fraction of sp³-hybridized carbons (Fsp3) is 0.643. The van der Waals surface area contributed by atoms with Crippen LogP contribution in [-0.4, -0.2) is 69.4 Å². The summed E-state index contributed by atoms with van der Waals surface area (Å²) >= 11 is 0. The SMILES string of the molecule is CNCC(COC)N1CCN(c2ccccn2)CC1. The number of likely N-dealkylation sites (N-methyl/N-ethyl adjacent to an activating group) is 1. The Kier molecular flexibility index (Phi) is 5.57. The minimum atomic E-state index is 0.459. The Hall–Kier alpha value is -1.17. The predicted octanol–water partition coefficient (Wildman–Crippen LogP) is 0.438. The summed E-state index contributed by atoms with van der Waals surface area (Å²) in [6.07, 6.45) is 1.86. The van der Waals surface area contributed by atoms with E-state index in [9.17, 15) is 0 Å². The van der Waals surface area contributed by atoms with Crippen molar-refractivity contribution in [1.29, 1.82) is 0 Å². The minimum Gasteiger partial charge on any atom is -0.383 e. The fourth-order valence-electron chi connectivity index (χ4n) is 2.58. The van der Waals surface area contributed by atoms with Gasteiger partial charge in [-0.05, 0) is 19.2 Å². The summed E-state index contributed by atoms with van der Waals surface area (Å²) < 4.78 is 5.31. The smallest absolute Gasteiger partial charge is 0.128 e. The Bertz CT molecular complexity index is 346. The van der Waals surface area contributed by atoms with E-state index in [1.807, 2.05) is 25.4 Å². The zero-order chi connectivity index (χ0) is 13.5. The Morgan fingerprint density at radius 2 is 2.11 bits per heavy atom. The van der Waals surface area contributed by atoms with E-state index in [1.54, 1.807) is 7.11 Å². The number of ether oxygens (including phenoxy) is 1. The van der Waals surface area contributed by atoms with Crippen LogP contribution in [0.4, 0.5) is 5.82 Å². The number of hydrogen-bond acceptors (Lipinski definition) is 5. The third kappa shape index (κ3) is 3.89. The maximum atomic E-state index is 5.31. The second kappa shape index (κ2) is 7.43. The van der Waals surface area contributed by atoms with Gasteiger partial charge in [0.2, 0.25) is 0 Å². The molecule has 5 nitrogen and oxygen atoms in total. The summed E-state index contributed by atoms with van der Waals surface area (Å²) in [6.45, 7) is 5.93. The number of pyridine rings is 1. The van der Waals surface area contributed by atoms with E-state index in [1.165, 1.54) is 0 Å². The fourth-order valence-corrected chi connectivity index (χ4v) is 2.58. The number of nitrogens with zero attached hydrogens (tertiary/aromatic N) is 3. The first-order chi connectivity index (χ1) is 9.35. The zero-order valence-corrected chi connectivity index (χ0v) is 11.9. The summed E-state index contributed by atoms with van der Waals surface area (Å²) in [5, 5.41) is 3.25. The average molecular weight is 264 g/mol. The molecule has 19 heavy (non-hydrogen) atoms. The van der Waals surface area contributed by atoms with Gasteiger partial charge in [0.05, 0.1) is 6.61 Å². The topological polar surface area (TPSA) is 40.6 Å². The van der Waals surface area contributed by atoms with Crippen molar-refractivity contribution in [2.45, 2.75) is 6.04 Å². The first kappa shape index (κ1) is 14.2. The van der Waals surface area contributed by atoms with Gasteiger partial charge in [-0.3, -0.25) is 4.90 Å². The number of piperazine rings is 1. The highest BCUT2D eigenvalue weighted by Crippen LogP contribution is 2.14. The summed E-state index contributed by atoms with van der Waals surface area (Å²) in [5.74, 6) is 1.08. The Morgan fingerprint density at radius 3 is 2.68 bits per heavy atom. The lowest BCUT2D eigenvalue weighted by molar-refractivity contribution is 0.0861. The van der Waals surface area contributed by atoms with Gasteiger partial charge in [-0.15, -0.1) is 0 Å². The van der Waals surface area contributed by atoms with Gasteiger partial charge in [0, 0.05) is 52.1 Å². The Morgan fingerprint density at radius 1 is 1.32 bits per heavy atom. The molecule has 0 aliphatic carbocycles. The molecule has 1 aliphatic rings. The van der Waals surface area contributed by atoms with Crippen LogP contribution in [0.25, 0.3) is 0 Å². The second-order valence-corrected chi connectivity index (χ2v) is 4.88. The molecule has 2 rings (SSSR count). The number of aromatic nitrogens is 1. The lowest BCUT2D eigenvalue weighted by atomic mass is 10.2. The highest BCUT2D eigenvalue weighted by molar-refractivity contribution is 5.38. The first-order valence-corrected chi connectivity index (χ1v) is 6.88. The number of methoxy groups -OCH3 is 1. The van der Waals surface area contributed by atoms with Crippen molar-refractivity contribution in [3.63, 3.8) is 0 Å². The van der Waals surface area contributed by atoms with Crippen LogP contribution in [0.3, 0.4) is 0 Å². The van der Waals surface area contributed by atoms with Crippen LogP contribution in [0.15, 0.2) is 24.4 Å². The molecule has 1 saturated heterocycles. The molecule has 1 aromatic heterocycles. The summed E-state index contributed by atoms with van der Waals surface area (Å²) in [6, 6.07) is 6.54. The monoisotopic (exact) mass is 264 g/mol. The van der Waals surface area contributed by atoms with Gasteiger partial charge in [0.25, 0.3) is 0 Å². The molecule has 0 spiro atoms. The van der Waals surface area contributed by atoms with Crippen LogP contribution in [0, 0.1) is 0 Å². The van der Waals surface area contributed by atoms with Gasteiger partial charge in [-0.1, -0.05) is 6.07 Å². The minimum absolute atomic E-state index is 0.459. The Balaban J connectivity index is 1.87. The van der Waals surface area contributed by atoms with E-state index < -0.39 is 0 Å². The molecule has 1 N–H and O–H groups in total. The lowest BCUT2D eigenvalue weighted by Crippen LogP contribution is -2.54. The predicted molar refractivity (Wildman–Crippen MR) is 77.6 cm³/mol. The molecule has 0 bridgehead atoms. The highest BCUT2D eigenvalue weighted by atomic mass is 16.5. The summed E-state index contributed by atoms with van der Waals surface area (Å²) in [7, 11) is 3.76. The average Bonchev–Trinajstić information content (AvgIpc) is 2.48. The van der Waals surface area contributed by atoms with Crippen LogP contribution >= 0.6 is 0 Å². The molecule has 0 aromatic carbocycles. The van der Waals surface area contributed by atoms with Gasteiger partial charge < -0.3 is 15.0 Å². The maximum absolute atomic E-state index is 5.31. The maximum Gasteiger partial charge on any atom is 0.128 e. The van der Waals surface area contributed by atoms with Crippen LogP contribution in [0.5, 0.6) is 0 Å². The highest BCUT2D eigenvalue weighted by Gasteiger charge is 2.23. The molecule has 0 radical (unpaired) electrons. The normalized spacial score (nSPS) is 18.5. The molecule has 1 aliphatic heterocycles. The molecular formula is C14H24N4O. The van der Waals surface area contributed by atoms with Gasteiger partial charge in [0.15, 0.2) is 0 Å². The number of rotatable bonds is 6. The number of hydrogen-bond donors (Lipinski definition) is 1. The second-order valence-electron chi connectivity index (χ2n) is 4.88. The molecule has 1 unspecified atom stereocenters. The van der Waals surface area contributed by atoms with Crippen LogP contribution in [-0.2, 0) is 4.74 Å². The molecule has 5 heteroatoms. The van der Waals surface area contributed by atoms with Gasteiger partial charge in [-0.2, -0.15) is 0 Å². The van der Waals surface area contributed by atoms with E-state index >= 15 is 0 Å². The largest absolute Gasteiger partial charge is 0.383 e. The molecule has 2 heterocycles. The quantitative estimate of drug-likeness (QED) is 0.807. The van der Waals surface area contributed by atoms with Crippen LogP contribution < -0.4 is 10.2 Å². The summed E-state index contributed by atoms with van der Waals surface area (Å²) in [4.78, 5) is 9.26. The molecule has 1 aromatic rings. The van der Waals surface area contributed by atoms with Crippen molar-refractivity contribution in [2.75, 3.05) is 58.4 Å². The van der Waals surface area contributed by atoms with Gasteiger partial charge in [-0.25, -0.2) is 4.98 Å². The van der Waals surface area contributed by atoms with Crippen LogP contribution in [0.1, 0.15) is 0 Å². The third-order valence-electron chi connectivity index (χ3n) is 3.60. The number of anilines is 1. The molecule has 0 amide bonds. The molecule has 106 valence electrons.